The molecule has 0 aliphatic heterocycles. The molecule has 0 radical (unpaired) electrons. The summed E-state index contributed by atoms with van der Waals surface area (Å²) in [5.41, 5.74) is 6.10. The summed E-state index contributed by atoms with van der Waals surface area (Å²) >= 11 is 0. The Hall–Kier alpha value is -1.42. The summed E-state index contributed by atoms with van der Waals surface area (Å²) in [5.74, 6) is -0.405. The van der Waals surface area contributed by atoms with Crippen molar-refractivity contribution in [2.24, 2.45) is 5.73 Å². The predicted molar refractivity (Wildman–Crippen MR) is 61.4 cm³/mol. The summed E-state index contributed by atoms with van der Waals surface area (Å²) in [5, 5.41) is 2.73. The third-order valence-electron chi connectivity index (χ3n) is 2.02. The Bertz CT molecular complexity index is 354. The summed E-state index contributed by atoms with van der Waals surface area (Å²) in [6.07, 6.45) is 0.246. The number of benzene rings is 1. The van der Waals surface area contributed by atoms with Gasteiger partial charge in [-0.1, -0.05) is 12.1 Å². The summed E-state index contributed by atoms with van der Waals surface area (Å²) in [7, 11) is 0. The maximum Gasteiger partial charge on any atom is 0.224 e. The van der Waals surface area contributed by atoms with Gasteiger partial charge in [0.2, 0.25) is 5.91 Å². The van der Waals surface area contributed by atoms with Gasteiger partial charge in [0.25, 0.3) is 0 Å². The van der Waals surface area contributed by atoms with Crippen molar-refractivity contribution in [2.45, 2.75) is 25.8 Å². The molecule has 0 fully saturated rings. The van der Waals surface area contributed by atoms with E-state index in [0.717, 1.165) is 5.56 Å². The first kappa shape index (κ1) is 12.6. The Morgan fingerprint density at radius 2 is 1.94 bits per heavy atom. The molecule has 1 amide bonds. The van der Waals surface area contributed by atoms with Gasteiger partial charge in [-0.25, -0.2) is 4.39 Å². The first-order valence-electron chi connectivity index (χ1n) is 5.17. The Labute approximate surface area is 94.8 Å². The molecule has 1 aromatic carbocycles. The van der Waals surface area contributed by atoms with Crippen molar-refractivity contribution in [1.29, 1.82) is 0 Å². The van der Waals surface area contributed by atoms with Gasteiger partial charge in [-0.15, -0.1) is 0 Å². The molecule has 0 bridgehead atoms. The number of carbonyl (C=O) groups excluding carboxylic acids is 1. The van der Waals surface area contributed by atoms with E-state index in [1.807, 2.05) is 13.8 Å². The fourth-order valence-electron chi connectivity index (χ4n) is 1.18. The van der Waals surface area contributed by atoms with Crippen LogP contribution in [-0.4, -0.2) is 18.0 Å². The molecule has 0 heterocycles. The molecular formula is C12H17FN2O. The molecule has 3 nitrogen and oxygen atoms in total. The third kappa shape index (κ3) is 4.89. The van der Waals surface area contributed by atoms with E-state index in [2.05, 4.69) is 5.32 Å². The molecule has 0 saturated carbocycles. The highest BCUT2D eigenvalue weighted by Crippen LogP contribution is 2.03. The van der Waals surface area contributed by atoms with Crippen LogP contribution in [0.1, 0.15) is 19.4 Å². The van der Waals surface area contributed by atoms with Gasteiger partial charge in [-0.2, -0.15) is 0 Å². The zero-order valence-corrected chi connectivity index (χ0v) is 9.59. The summed E-state index contributed by atoms with van der Waals surface area (Å²) in [6.45, 7) is 4.10. The van der Waals surface area contributed by atoms with Crippen LogP contribution in [0.25, 0.3) is 0 Å². The van der Waals surface area contributed by atoms with Crippen molar-refractivity contribution in [1.82, 2.24) is 5.32 Å². The molecule has 16 heavy (non-hydrogen) atoms. The molecule has 3 N–H and O–H groups in total. The maximum absolute atomic E-state index is 12.6. The second kappa shape index (κ2) is 5.07. The van der Waals surface area contributed by atoms with Crippen LogP contribution in [0.15, 0.2) is 24.3 Å². The lowest BCUT2D eigenvalue weighted by atomic mass is 10.1. The SMILES string of the molecule is CC(C)(N)CNC(=O)Cc1ccc(F)cc1. The smallest absolute Gasteiger partial charge is 0.224 e. The van der Waals surface area contributed by atoms with Crippen LogP contribution in [0.2, 0.25) is 0 Å². The average Bonchev–Trinajstić information content (AvgIpc) is 2.18. The first-order valence-corrected chi connectivity index (χ1v) is 5.17. The quantitative estimate of drug-likeness (QED) is 0.808. The lowest BCUT2D eigenvalue weighted by Crippen LogP contribution is -2.45. The van der Waals surface area contributed by atoms with E-state index in [4.69, 9.17) is 5.73 Å². The average molecular weight is 224 g/mol. The van der Waals surface area contributed by atoms with Gasteiger partial charge in [0.15, 0.2) is 0 Å². The van der Waals surface area contributed by atoms with Crippen molar-refractivity contribution in [3.05, 3.63) is 35.6 Å². The predicted octanol–water partition coefficient (Wildman–Crippen LogP) is 1.22. The second-order valence-electron chi connectivity index (χ2n) is 4.57. The molecule has 88 valence electrons. The minimum absolute atomic E-state index is 0.106. The van der Waals surface area contributed by atoms with Gasteiger partial charge < -0.3 is 11.1 Å². The lowest BCUT2D eigenvalue weighted by Gasteiger charge is -2.18. The van der Waals surface area contributed by atoms with E-state index in [0.29, 0.717) is 6.54 Å². The number of amides is 1. The number of hydrogen-bond acceptors (Lipinski definition) is 2. The number of carbonyl (C=O) groups is 1. The van der Waals surface area contributed by atoms with Crippen LogP contribution in [0.4, 0.5) is 4.39 Å². The Balaban J connectivity index is 2.43. The highest BCUT2D eigenvalue weighted by molar-refractivity contribution is 5.78. The Morgan fingerprint density at radius 1 is 1.38 bits per heavy atom. The fraction of sp³-hybridized carbons (Fsp3) is 0.417. The van der Waals surface area contributed by atoms with Crippen LogP contribution < -0.4 is 11.1 Å². The van der Waals surface area contributed by atoms with Crippen molar-refractivity contribution in [2.75, 3.05) is 6.54 Å². The van der Waals surface area contributed by atoms with Crippen molar-refractivity contribution in [3.8, 4) is 0 Å². The van der Waals surface area contributed by atoms with Crippen molar-refractivity contribution in [3.63, 3.8) is 0 Å². The van der Waals surface area contributed by atoms with Crippen LogP contribution in [-0.2, 0) is 11.2 Å². The maximum atomic E-state index is 12.6. The number of halogens is 1. The van der Waals surface area contributed by atoms with Gasteiger partial charge >= 0.3 is 0 Å². The fourth-order valence-corrected chi connectivity index (χ4v) is 1.18. The van der Waals surface area contributed by atoms with E-state index in [-0.39, 0.29) is 18.1 Å². The van der Waals surface area contributed by atoms with Crippen molar-refractivity contribution < 1.29 is 9.18 Å². The minimum Gasteiger partial charge on any atom is -0.354 e. The summed E-state index contributed by atoms with van der Waals surface area (Å²) < 4.78 is 12.6. The zero-order chi connectivity index (χ0) is 12.2. The number of hydrogen-bond donors (Lipinski definition) is 2. The standard InChI is InChI=1S/C12H17FN2O/c1-12(2,14)8-15-11(16)7-9-3-5-10(13)6-4-9/h3-6H,7-8,14H2,1-2H3,(H,15,16). The molecule has 1 rings (SSSR count). The van der Waals surface area contributed by atoms with Gasteiger partial charge in [-0.05, 0) is 31.5 Å². The lowest BCUT2D eigenvalue weighted by molar-refractivity contribution is -0.120. The molecule has 0 atom stereocenters. The van der Waals surface area contributed by atoms with Gasteiger partial charge in [0.05, 0.1) is 6.42 Å². The molecule has 1 aromatic rings. The highest BCUT2D eigenvalue weighted by atomic mass is 19.1. The van der Waals surface area contributed by atoms with E-state index in [1.54, 1.807) is 12.1 Å². The molecule has 4 heteroatoms. The monoisotopic (exact) mass is 224 g/mol. The molecule has 0 unspecified atom stereocenters. The van der Waals surface area contributed by atoms with Crippen LogP contribution in [0.3, 0.4) is 0 Å². The van der Waals surface area contributed by atoms with Crippen LogP contribution in [0.5, 0.6) is 0 Å². The number of nitrogens with one attached hydrogen (secondary N) is 1. The highest BCUT2D eigenvalue weighted by Gasteiger charge is 2.12. The number of rotatable bonds is 4. The molecule has 0 spiro atoms. The van der Waals surface area contributed by atoms with E-state index < -0.39 is 5.54 Å². The molecule has 0 saturated heterocycles. The Morgan fingerprint density at radius 3 is 2.44 bits per heavy atom. The molecular weight excluding hydrogens is 207 g/mol. The Kier molecular flexibility index (Phi) is 4.01. The van der Waals surface area contributed by atoms with Crippen LogP contribution >= 0.6 is 0 Å². The van der Waals surface area contributed by atoms with Crippen molar-refractivity contribution >= 4 is 5.91 Å². The number of nitrogens with two attached hydrogens (primary N) is 1. The molecule has 0 aliphatic carbocycles. The normalized spacial score (nSPS) is 11.2. The minimum atomic E-state index is -0.418. The van der Waals surface area contributed by atoms with Gasteiger partial charge in [0.1, 0.15) is 5.82 Å². The van der Waals surface area contributed by atoms with E-state index in [9.17, 15) is 9.18 Å². The third-order valence-corrected chi connectivity index (χ3v) is 2.02. The largest absolute Gasteiger partial charge is 0.354 e. The zero-order valence-electron chi connectivity index (χ0n) is 9.59. The van der Waals surface area contributed by atoms with Crippen LogP contribution in [0, 0.1) is 5.82 Å². The van der Waals surface area contributed by atoms with Gasteiger partial charge in [-0.3, -0.25) is 4.79 Å². The summed E-state index contributed by atoms with van der Waals surface area (Å²) in [4.78, 5) is 11.5. The van der Waals surface area contributed by atoms with Gasteiger partial charge in [0, 0.05) is 12.1 Å². The van der Waals surface area contributed by atoms with E-state index >= 15 is 0 Å². The first-order chi connectivity index (χ1) is 7.37. The molecule has 0 aliphatic rings. The topological polar surface area (TPSA) is 55.1 Å². The van der Waals surface area contributed by atoms with E-state index in [1.165, 1.54) is 12.1 Å². The molecule has 0 aromatic heterocycles. The second-order valence-corrected chi connectivity index (χ2v) is 4.57. The summed E-state index contributed by atoms with van der Waals surface area (Å²) in [6, 6.07) is 5.88.